The Morgan fingerprint density at radius 1 is 0.881 bits per heavy atom. The summed E-state index contributed by atoms with van der Waals surface area (Å²) in [7, 11) is 4.71. The second-order valence-electron chi connectivity index (χ2n) is 17.6. The van der Waals surface area contributed by atoms with E-state index in [0.717, 1.165) is 23.8 Å². The number of nitrogens with one attached hydrogen (secondary N) is 3. The number of halogens is 1. The summed E-state index contributed by atoms with van der Waals surface area (Å²) >= 11 is 3.30. The van der Waals surface area contributed by atoms with Crippen LogP contribution in [0.25, 0.3) is 0 Å². The minimum atomic E-state index is -1.12. The van der Waals surface area contributed by atoms with Gasteiger partial charge in [-0.1, -0.05) is 65.8 Å². The molecule has 19 heteroatoms. The van der Waals surface area contributed by atoms with Crippen LogP contribution in [0.3, 0.4) is 0 Å². The predicted octanol–water partition coefficient (Wildman–Crippen LogP) is 2.64. The van der Waals surface area contributed by atoms with Gasteiger partial charge in [-0.05, 0) is 38.5 Å². The number of allylic oxidation sites excluding steroid dienone is 2. The van der Waals surface area contributed by atoms with E-state index in [0.29, 0.717) is 12.3 Å². The summed E-state index contributed by atoms with van der Waals surface area (Å²) < 4.78 is 39.0. The summed E-state index contributed by atoms with van der Waals surface area (Å²) in [5.41, 5.74) is 5.37. The lowest BCUT2D eigenvalue weighted by Gasteiger charge is -2.45. The zero-order valence-corrected chi connectivity index (χ0v) is 38.7. The lowest BCUT2D eigenvalue weighted by atomic mass is 9.93. The maximum absolute atomic E-state index is 12.9. The van der Waals surface area contributed by atoms with Crippen molar-refractivity contribution < 1.29 is 57.4 Å². The Morgan fingerprint density at radius 2 is 1.41 bits per heavy atom. The van der Waals surface area contributed by atoms with Gasteiger partial charge in [-0.3, -0.25) is 14.4 Å². The number of rotatable bonds is 7. The van der Waals surface area contributed by atoms with Gasteiger partial charge < -0.3 is 55.2 Å². The van der Waals surface area contributed by atoms with Crippen molar-refractivity contribution in [2.45, 2.75) is 142 Å². The average molecular weight is 897 g/mol. The molecule has 0 saturated carbocycles. The second-order valence-corrected chi connectivity index (χ2v) is 19.9. The van der Waals surface area contributed by atoms with Crippen LogP contribution in [0.1, 0.15) is 69.2 Å². The summed E-state index contributed by atoms with van der Waals surface area (Å²) in [5.74, 6) is -0.0103. The zero-order chi connectivity index (χ0) is 43.6. The number of ether oxygens (including phenoxy) is 7. The first kappa shape index (κ1) is 53.0. The van der Waals surface area contributed by atoms with Crippen molar-refractivity contribution in [2.75, 3.05) is 43.2 Å². The molecule has 5 aliphatic rings. The van der Waals surface area contributed by atoms with Crippen LogP contribution in [0.15, 0.2) is 24.3 Å². The lowest BCUT2D eigenvalue weighted by molar-refractivity contribution is -0.334. The van der Waals surface area contributed by atoms with E-state index in [4.69, 9.17) is 38.9 Å². The van der Waals surface area contributed by atoms with Crippen molar-refractivity contribution in [3.63, 3.8) is 0 Å². The molecular formula is C40H68ClN4O12S2+. The summed E-state index contributed by atoms with van der Waals surface area (Å²) in [6.45, 7) is 20.8. The number of thioether (sulfide) groups is 2. The normalized spacial score (nSPS) is 32.6. The lowest BCUT2D eigenvalue weighted by Crippen LogP contribution is -2.62. The third-order valence-corrected chi connectivity index (χ3v) is 11.1. The van der Waals surface area contributed by atoms with E-state index in [-0.39, 0.29) is 47.2 Å². The minimum absolute atomic E-state index is 0. The number of amides is 3. The topological polar surface area (TPSA) is 215 Å². The summed E-state index contributed by atoms with van der Waals surface area (Å²) in [6.07, 6.45) is 1.73. The second kappa shape index (κ2) is 22.8. The Kier molecular flexibility index (Phi) is 20.5. The number of methoxy groups -OCH3 is 1. The summed E-state index contributed by atoms with van der Waals surface area (Å²) in [6, 6.07) is -0.952. The van der Waals surface area contributed by atoms with Gasteiger partial charge in [0.25, 0.3) is 5.91 Å². The van der Waals surface area contributed by atoms with Crippen LogP contribution in [-0.2, 0) is 52.3 Å². The number of aliphatic hydroxyl groups is 1. The van der Waals surface area contributed by atoms with Gasteiger partial charge in [-0.25, -0.2) is 4.79 Å². The fourth-order valence-electron chi connectivity index (χ4n) is 6.25. The number of nitrogens with two attached hydrogens (primary N) is 1. The van der Waals surface area contributed by atoms with Crippen molar-refractivity contribution in [1.82, 2.24) is 16.0 Å². The van der Waals surface area contributed by atoms with E-state index in [1.54, 1.807) is 43.4 Å². The molecule has 59 heavy (non-hydrogen) atoms. The molecule has 6 N–H and O–H groups in total. The number of aliphatic hydroxyl groups excluding tert-OH is 1. The molecular weight excluding hydrogens is 828 g/mol. The van der Waals surface area contributed by atoms with E-state index in [1.165, 1.54) is 7.11 Å². The fraction of sp³-hybridized carbons (Fsp3) is 0.775. The number of carbonyl (C=O) groups excluding carboxylic acids is 4. The Bertz CT molecular complexity index is 1460. The first-order valence-electron chi connectivity index (χ1n) is 19.6. The monoisotopic (exact) mass is 895 g/mol. The third-order valence-electron chi connectivity index (χ3n) is 8.99. The molecule has 0 aromatic carbocycles. The Morgan fingerprint density at radius 3 is 1.97 bits per heavy atom. The third kappa shape index (κ3) is 16.9. The Balaban J connectivity index is 0.000000344. The van der Waals surface area contributed by atoms with Crippen molar-refractivity contribution in [1.29, 1.82) is 0 Å². The number of hydrogen-bond donors (Lipinski definition) is 5. The summed E-state index contributed by atoms with van der Waals surface area (Å²) in [5, 5.41) is 19.1. The largest absolute Gasteiger partial charge is 0.454 e. The molecule has 0 aromatic heterocycles. The number of esters is 1. The molecule has 0 aliphatic carbocycles. The highest BCUT2D eigenvalue weighted by Gasteiger charge is 2.57. The van der Waals surface area contributed by atoms with Crippen LogP contribution in [0.5, 0.6) is 0 Å². The molecule has 5 saturated heterocycles. The molecule has 2 unspecified atom stereocenters. The molecule has 0 spiro atoms. The average Bonchev–Trinajstić information content (AvgIpc) is 3.20. The van der Waals surface area contributed by atoms with Gasteiger partial charge >= 0.3 is 5.97 Å². The smallest absolute Gasteiger partial charge is 0.343 e. The van der Waals surface area contributed by atoms with Gasteiger partial charge in [0, 0.05) is 43.2 Å². The van der Waals surface area contributed by atoms with Crippen LogP contribution in [-0.4, -0.2) is 144 Å². The number of carbonyl (C=O) groups is 4. The Hall–Kier alpha value is -2.10. The predicted molar refractivity (Wildman–Crippen MR) is 230 cm³/mol. The van der Waals surface area contributed by atoms with Crippen LogP contribution < -0.4 is 21.7 Å². The first-order chi connectivity index (χ1) is 26.9. The molecule has 5 fully saturated rings. The quantitative estimate of drug-likeness (QED) is 0.141. The molecule has 5 aliphatic heterocycles. The summed E-state index contributed by atoms with van der Waals surface area (Å²) in [4.78, 5) is 47.6. The first-order valence-corrected chi connectivity index (χ1v) is 21.9. The SMILES string of the molecule is CO[C@@H](C(=O)NC1CSCCNC1=O)[C@@H]1OC(C)(C)O[C@H](/C=C/C(C)(C)C)[C@@H]1O.Cl.NC1CSCCNC1=O.[CH2+]O[C@H]1C(=O)O[C@@H]2[C@H]1OC(C)(C)O[C@@H]2/C=C/C(C)(C)C. The molecule has 5 heterocycles. The van der Waals surface area contributed by atoms with Crippen LogP contribution in [0.4, 0.5) is 0 Å². The maximum Gasteiger partial charge on any atom is 0.343 e. The van der Waals surface area contributed by atoms with Gasteiger partial charge in [0.15, 0.2) is 23.8 Å². The number of fused-ring (bicyclic) bond motifs is 1. The molecule has 0 radical (unpaired) electrons. The zero-order valence-electron chi connectivity index (χ0n) is 36.3. The van der Waals surface area contributed by atoms with Gasteiger partial charge in [-0.2, -0.15) is 28.3 Å². The highest BCUT2D eigenvalue weighted by Crippen LogP contribution is 2.37. The van der Waals surface area contributed by atoms with Crippen LogP contribution in [0.2, 0.25) is 0 Å². The van der Waals surface area contributed by atoms with Crippen molar-refractivity contribution >= 4 is 59.6 Å². The molecule has 5 rings (SSSR count). The minimum Gasteiger partial charge on any atom is -0.454 e. The Labute approximate surface area is 364 Å². The van der Waals surface area contributed by atoms with E-state index in [9.17, 15) is 24.3 Å². The van der Waals surface area contributed by atoms with Gasteiger partial charge in [-0.15, -0.1) is 12.4 Å². The van der Waals surface area contributed by atoms with Gasteiger partial charge in [0.1, 0.15) is 36.6 Å². The van der Waals surface area contributed by atoms with Gasteiger partial charge in [0.2, 0.25) is 25.0 Å². The van der Waals surface area contributed by atoms with Crippen LogP contribution >= 0.6 is 35.9 Å². The molecule has 3 amide bonds. The van der Waals surface area contributed by atoms with Crippen molar-refractivity contribution in [3.05, 3.63) is 31.4 Å². The molecule has 338 valence electrons. The maximum atomic E-state index is 12.9. The van der Waals surface area contributed by atoms with Crippen molar-refractivity contribution in [2.24, 2.45) is 16.6 Å². The van der Waals surface area contributed by atoms with E-state index < -0.39 is 72.2 Å². The molecule has 0 bridgehead atoms. The van der Waals surface area contributed by atoms with Crippen molar-refractivity contribution in [3.8, 4) is 0 Å². The highest BCUT2D eigenvalue weighted by atomic mass is 35.5. The van der Waals surface area contributed by atoms with E-state index in [2.05, 4.69) is 43.8 Å². The standard InChI is InChI=1S/C20H34N2O6S.C15H23O5.C5H10N2OS.ClH/c1-19(2,3)8-7-13-14(23)15(28-20(4,5)27-13)16(26-6)18(25)22-12-11-29-10-9-21-17(12)24;1-14(2,3)8-7-9-10-11(20-15(4,5)19-9)12(17-6)13(16)18-10;6-4-3-9-2-1-7-5(4)8;/h7-8,12-16,23H,9-11H2,1-6H3,(H,21,24)(H,22,25);7-12H,6H2,1-5H3;4H,1-3,6H2,(H,7,8);1H/q;+1;;/b2*8-7+;;/t12?,13-,14+,15-,16-;9-,10+,11-,12-;;/m11../s1. The number of hydrogen-bond acceptors (Lipinski definition) is 15. The highest BCUT2D eigenvalue weighted by molar-refractivity contribution is 7.99. The van der Waals surface area contributed by atoms with Crippen LogP contribution in [0, 0.1) is 17.9 Å². The molecule has 16 nitrogen and oxygen atoms in total. The van der Waals surface area contributed by atoms with E-state index >= 15 is 0 Å². The van der Waals surface area contributed by atoms with Gasteiger partial charge in [0.05, 0.1) is 6.04 Å². The molecule has 0 aromatic rings. The molecule has 10 atom stereocenters. The van der Waals surface area contributed by atoms with E-state index in [1.807, 2.05) is 52.8 Å². The fourth-order valence-corrected chi connectivity index (χ4v) is 7.95.